The lowest BCUT2D eigenvalue weighted by Gasteiger charge is -2.09. The molecular weight excluding hydrogens is 504 g/mol. The summed E-state index contributed by atoms with van der Waals surface area (Å²) in [5.41, 5.74) is 2.10. The zero-order valence-electron chi connectivity index (χ0n) is 14.5. The highest BCUT2D eigenvalue weighted by Gasteiger charge is 2.23. The summed E-state index contributed by atoms with van der Waals surface area (Å²) in [5.74, 6) is 0.351. The minimum absolute atomic E-state index is 0.205. The van der Waals surface area contributed by atoms with Crippen LogP contribution in [-0.4, -0.2) is 17.4 Å². The quantitative estimate of drug-likeness (QED) is 0.335. The molecule has 0 aliphatic carbocycles. The van der Waals surface area contributed by atoms with Crippen molar-refractivity contribution in [2.45, 2.75) is 4.90 Å². The molecule has 4 rings (SSSR count). The van der Waals surface area contributed by atoms with Gasteiger partial charge in [0, 0.05) is 8.95 Å². The van der Waals surface area contributed by atoms with Gasteiger partial charge in [-0.15, -0.1) is 0 Å². The smallest absolute Gasteiger partial charge is 0.228 e. The van der Waals surface area contributed by atoms with Crippen LogP contribution in [0.5, 0.6) is 0 Å². The SMILES string of the molecule is O=S(=O)(c1ccc(Br)cc1)n1c(/C=C/c2cccc(Br)c2)nc2ccccc21. The van der Waals surface area contributed by atoms with Gasteiger partial charge in [-0.05, 0) is 60.2 Å². The molecule has 4 nitrogen and oxygen atoms in total. The van der Waals surface area contributed by atoms with E-state index >= 15 is 0 Å². The highest BCUT2D eigenvalue weighted by atomic mass is 79.9. The van der Waals surface area contributed by atoms with Crippen molar-refractivity contribution in [2.75, 3.05) is 0 Å². The Morgan fingerprint density at radius 2 is 1.57 bits per heavy atom. The zero-order valence-corrected chi connectivity index (χ0v) is 18.4. The zero-order chi connectivity index (χ0) is 19.7. The van der Waals surface area contributed by atoms with E-state index in [9.17, 15) is 8.42 Å². The van der Waals surface area contributed by atoms with Crippen LogP contribution in [0.2, 0.25) is 0 Å². The van der Waals surface area contributed by atoms with E-state index in [1.165, 1.54) is 3.97 Å². The average Bonchev–Trinajstić information content (AvgIpc) is 3.06. The third kappa shape index (κ3) is 3.70. The standard InChI is InChI=1S/C21H14Br2N2O2S/c22-16-9-11-18(12-10-16)28(26,27)25-20-7-2-1-6-19(20)24-21(25)13-8-15-4-3-5-17(23)14-15/h1-14H/b13-8+. The summed E-state index contributed by atoms with van der Waals surface area (Å²) in [7, 11) is -3.81. The molecule has 3 aromatic carbocycles. The van der Waals surface area contributed by atoms with Gasteiger partial charge in [0.15, 0.2) is 0 Å². The van der Waals surface area contributed by atoms with Crippen molar-refractivity contribution in [3.63, 3.8) is 0 Å². The van der Waals surface area contributed by atoms with E-state index < -0.39 is 10.0 Å². The molecule has 0 aliphatic rings. The van der Waals surface area contributed by atoms with Crippen LogP contribution in [0.15, 0.2) is 86.6 Å². The molecule has 1 heterocycles. The van der Waals surface area contributed by atoms with Crippen LogP contribution >= 0.6 is 31.9 Å². The Labute approximate surface area is 179 Å². The first kappa shape index (κ1) is 19.1. The maximum atomic E-state index is 13.4. The van der Waals surface area contributed by atoms with Crippen LogP contribution in [0, 0.1) is 0 Å². The molecule has 0 atom stereocenters. The molecule has 0 bridgehead atoms. The minimum atomic E-state index is -3.81. The molecule has 0 amide bonds. The molecular formula is C21H14Br2N2O2S. The fraction of sp³-hybridized carbons (Fsp3) is 0. The van der Waals surface area contributed by atoms with Crippen molar-refractivity contribution < 1.29 is 8.42 Å². The highest BCUT2D eigenvalue weighted by Crippen LogP contribution is 2.25. The van der Waals surface area contributed by atoms with Crippen molar-refractivity contribution in [2.24, 2.45) is 0 Å². The van der Waals surface area contributed by atoms with Crippen molar-refractivity contribution in [1.82, 2.24) is 8.96 Å². The number of benzene rings is 3. The van der Waals surface area contributed by atoms with Crippen molar-refractivity contribution >= 4 is 65.1 Å². The molecule has 0 aliphatic heterocycles. The summed E-state index contributed by atoms with van der Waals surface area (Å²) in [6, 6.07) is 21.5. The molecule has 7 heteroatoms. The van der Waals surface area contributed by atoms with Gasteiger partial charge in [-0.1, -0.05) is 62.2 Å². The molecule has 0 radical (unpaired) electrons. The summed E-state index contributed by atoms with van der Waals surface area (Å²) < 4.78 is 29.8. The number of rotatable bonds is 4. The van der Waals surface area contributed by atoms with Crippen molar-refractivity contribution in [3.8, 4) is 0 Å². The Morgan fingerprint density at radius 1 is 0.821 bits per heavy atom. The first-order valence-corrected chi connectivity index (χ1v) is 11.4. The van der Waals surface area contributed by atoms with E-state index in [1.807, 2.05) is 36.4 Å². The summed E-state index contributed by atoms with van der Waals surface area (Å²) in [5, 5.41) is 0. The van der Waals surface area contributed by atoms with Crippen LogP contribution in [0.3, 0.4) is 0 Å². The fourth-order valence-electron chi connectivity index (χ4n) is 2.87. The first-order chi connectivity index (χ1) is 13.4. The van der Waals surface area contributed by atoms with E-state index in [4.69, 9.17) is 0 Å². The molecule has 0 saturated heterocycles. The molecule has 4 aromatic rings. The van der Waals surface area contributed by atoms with Crippen LogP contribution < -0.4 is 0 Å². The summed E-state index contributed by atoms with van der Waals surface area (Å²) in [4.78, 5) is 4.74. The monoisotopic (exact) mass is 516 g/mol. The summed E-state index contributed by atoms with van der Waals surface area (Å²) >= 11 is 6.79. The first-order valence-electron chi connectivity index (χ1n) is 8.37. The van der Waals surface area contributed by atoms with Gasteiger partial charge in [-0.25, -0.2) is 17.4 Å². The van der Waals surface area contributed by atoms with Gasteiger partial charge in [-0.2, -0.15) is 0 Å². The van der Waals surface area contributed by atoms with Crippen LogP contribution in [0.25, 0.3) is 23.2 Å². The van der Waals surface area contributed by atoms with E-state index in [0.29, 0.717) is 16.9 Å². The van der Waals surface area contributed by atoms with E-state index in [1.54, 1.807) is 48.5 Å². The Morgan fingerprint density at radius 3 is 2.32 bits per heavy atom. The molecule has 0 fully saturated rings. The Hall–Kier alpha value is -2.22. The van der Waals surface area contributed by atoms with E-state index in [-0.39, 0.29) is 4.90 Å². The summed E-state index contributed by atoms with van der Waals surface area (Å²) in [6.45, 7) is 0. The lowest BCUT2D eigenvalue weighted by atomic mass is 10.2. The highest BCUT2D eigenvalue weighted by molar-refractivity contribution is 9.10. The number of aromatic nitrogens is 2. The van der Waals surface area contributed by atoms with Gasteiger partial charge in [0.1, 0.15) is 5.82 Å². The number of para-hydroxylation sites is 2. The van der Waals surface area contributed by atoms with Crippen LogP contribution in [-0.2, 0) is 10.0 Å². The molecule has 0 unspecified atom stereocenters. The fourth-order valence-corrected chi connectivity index (χ4v) is 5.01. The van der Waals surface area contributed by atoms with Crippen LogP contribution in [0.1, 0.15) is 11.4 Å². The van der Waals surface area contributed by atoms with Crippen molar-refractivity contribution in [1.29, 1.82) is 0 Å². The lowest BCUT2D eigenvalue weighted by Crippen LogP contribution is -2.14. The normalized spacial score (nSPS) is 12.1. The molecule has 1 aromatic heterocycles. The number of hydrogen-bond acceptors (Lipinski definition) is 3. The maximum Gasteiger partial charge on any atom is 0.269 e. The largest absolute Gasteiger partial charge is 0.269 e. The molecule has 0 spiro atoms. The second kappa shape index (κ2) is 7.66. The predicted molar refractivity (Wildman–Crippen MR) is 120 cm³/mol. The van der Waals surface area contributed by atoms with Gasteiger partial charge in [0.2, 0.25) is 0 Å². The molecule has 28 heavy (non-hydrogen) atoms. The molecule has 140 valence electrons. The summed E-state index contributed by atoms with van der Waals surface area (Å²) in [6.07, 6.45) is 3.57. The lowest BCUT2D eigenvalue weighted by molar-refractivity contribution is 0.588. The van der Waals surface area contributed by atoms with Gasteiger partial charge in [-0.3, -0.25) is 0 Å². The van der Waals surface area contributed by atoms with Gasteiger partial charge in [0.05, 0.1) is 15.9 Å². The average molecular weight is 518 g/mol. The Kier molecular flexibility index (Phi) is 5.23. The second-order valence-corrected chi connectivity index (χ2v) is 9.69. The Balaban J connectivity index is 1.89. The third-order valence-corrected chi connectivity index (χ3v) is 6.92. The maximum absolute atomic E-state index is 13.4. The predicted octanol–water partition coefficient (Wildman–Crippen LogP) is 5.97. The minimum Gasteiger partial charge on any atom is -0.228 e. The van der Waals surface area contributed by atoms with Crippen molar-refractivity contribution in [3.05, 3.63) is 93.1 Å². The molecule has 0 N–H and O–H groups in total. The van der Waals surface area contributed by atoms with Gasteiger partial charge < -0.3 is 0 Å². The second-order valence-electron chi connectivity index (χ2n) is 6.07. The third-order valence-electron chi connectivity index (χ3n) is 4.17. The number of fused-ring (bicyclic) bond motifs is 1. The van der Waals surface area contributed by atoms with E-state index in [0.717, 1.165) is 14.5 Å². The molecule has 0 saturated carbocycles. The van der Waals surface area contributed by atoms with Gasteiger partial charge >= 0.3 is 0 Å². The Bertz CT molecular complexity index is 1290. The van der Waals surface area contributed by atoms with Crippen LogP contribution in [0.4, 0.5) is 0 Å². The van der Waals surface area contributed by atoms with E-state index in [2.05, 4.69) is 36.8 Å². The number of nitrogens with zero attached hydrogens (tertiary/aromatic N) is 2. The van der Waals surface area contributed by atoms with Gasteiger partial charge in [0.25, 0.3) is 10.0 Å². The number of imidazole rings is 1. The number of hydrogen-bond donors (Lipinski definition) is 0. The topological polar surface area (TPSA) is 52.0 Å². The number of halogens is 2.